The lowest BCUT2D eigenvalue weighted by Gasteiger charge is -2.31. The van der Waals surface area contributed by atoms with E-state index in [4.69, 9.17) is 4.74 Å². The number of rotatable bonds is 9. The van der Waals surface area contributed by atoms with Crippen molar-refractivity contribution in [1.82, 2.24) is 9.55 Å². The van der Waals surface area contributed by atoms with Gasteiger partial charge in [-0.3, -0.25) is 23.7 Å². The fraction of sp³-hybridized carbons (Fsp3) is 0.688. The summed E-state index contributed by atoms with van der Waals surface area (Å²) in [6.45, 7) is 0.582. The third-order valence-electron chi connectivity index (χ3n) is 4.59. The van der Waals surface area contributed by atoms with E-state index in [1.807, 2.05) is 4.98 Å². The Morgan fingerprint density at radius 3 is 2.61 bits per heavy atom. The number of alkyl halides is 1. The molecule has 1 fully saturated rings. The Balaban J connectivity index is 2.16. The highest BCUT2D eigenvalue weighted by atomic mass is 31.2. The van der Waals surface area contributed by atoms with Crippen molar-refractivity contribution >= 4 is 13.8 Å². The molecule has 1 saturated heterocycles. The molecule has 0 radical (unpaired) electrons. The highest BCUT2D eigenvalue weighted by Gasteiger charge is 2.62. The Labute approximate surface area is 174 Å². The molecule has 176 valence electrons. The molecule has 1 aromatic heterocycles. The second kappa shape index (κ2) is 9.28. The van der Waals surface area contributed by atoms with E-state index in [0.29, 0.717) is 4.57 Å². The van der Waals surface area contributed by atoms with Crippen LogP contribution in [0.5, 0.6) is 0 Å². The highest BCUT2D eigenvalue weighted by molar-refractivity contribution is 7.47. The molecule has 1 aromatic rings. The normalized spacial score (nSPS) is 30.3. The second-order valence-electron chi connectivity index (χ2n) is 7.42. The van der Waals surface area contributed by atoms with Gasteiger partial charge in [-0.2, -0.15) is 0 Å². The van der Waals surface area contributed by atoms with Gasteiger partial charge in [0, 0.05) is 12.3 Å². The molecule has 4 N–H and O–H groups in total. The van der Waals surface area contributed by atoms with Crippen LogP contribution in [0.25, 0.3) is 0 Å². The Kier molecular flexibility index (Phi) is 7.59. The molecule has 15 heteroatoms. The van der Waals surface area contributed by atoms with Crippen molar-refractivity contribution in [3.8, 4) is 0 Å². The number of aromatic amines is 1. The first-order valence-electron chi connectivity index (χ1n) is 9.00. The summed E-state index contributed by atoms with van der Waals surface area (Å²) in [5, 5.41) is 21.1. The number of nitrogens with zero attached hydrogens (tertiary/aromatic N) is 1. The van der Waals surface area contributed by atoms with Gasteiger partial charge in [0.25, 0.3) is 5.56 Å². The molecule has 13 nitrogen and oxygen atoms in total. The Morgan fingerprint density at radius 1 is 1.42 bits per heavy atom. The van der Waals surface area contributed by atoms with Crippen molar-refractivity contribution in [3.05, 3.63) is 33.1 Å². The average molecular weight is 470 g/mol. The SMILES string of the molecule is CC(C)C(=O)OCOP(=O)(O)OC[C@@]1(CF)O[C@@H](n2ccc(=O)[nH]c2=O)[C@](C)(O)[C@@H]1O. The van der Waals surface area contributed by atoms with Crippen molar-refractivity contribution in [1.29, 1.82) is 0 Å². The van der Waals surface area contributed by atoms with Crippen LogP contribution in [0.4, 0.5) is 4.39 Å². The molecule has 0 bridgehead atoms. The zero-order valence-corrected chi connectivity index (χ0v) is 17.8. The van der Waals surface area contributed by atoms with Gasteiger partial charge in [-0.1, -0.05) is 13.8 Å². The fourth-order valence-corrected chi connectivity index (χ4v) is 3.47. The number of halogens is 1. The minimum Gasteiger partial charge on any atom is -0.438 e. The number of carbonyl (C=O) groups is 1. The molecule has 1 aliphatic heterocycles. The van der Waals surface area contributed by atoms with Gasteiger partial charge in [0.2, 0.25) is 6.79 Å². The largest absolute Gasteiger partial charge is 0.475 e. The van der Waals surface area contributed by atoms with Crippen molar-refractivity contribution in [3.63, 3.8) is 0 Å². The first-order chi connectivity index (χ1) is 14.3. The van der Waals surface area contributed by atoms with Crippen LogP contribution in [0.2, 0.25) is 0 Å². The van der Waals surface area contributed by atoms with E-state index < -0.39 is 74.6 Å². The van der Waals surface area contributed by atoms with E-state index in [9.17, 15) is 38.4 Å². The van der Waals surface area contributed by atoms with Crippen LogP contribution in [0.3, 0.4) is 0 Å². The molecule has 0 saturated carbocycles. The standard InChI is InChI=1S/C16H24FN2O11P/c1-9(2)11(21)27-8-29-31(25,26)28-7-16(6-17)12(22)15(3,24)13(30-16)19-5-4-10(20)18-14(19)23/h4-5,9,12-13,22,24H,6-8H2,1-3H3,(H,25,26)(H,18,20,23)/t12-,13+,15+,16+/m0/s1. The van der Waals surface area contributed by atoms with Crippen molar-refractivity contribution in [2.75, 3.05) is 20.1 Å². The summed E-state index contributed by atoms with van der Waals surface area (Å²) < 4.78 is 45.7. The van der Waals surface area contributed by atoms with E-state index in [-0.39, 0.29) is 0 Å². The van der Waals surface area contributed by atoms with Crippen molar-refractivity contribution in [2.45, 2.75) is 44.3 Å². The molecule has 0 aromatic carbocycles. The summed E-state index contributed by atoms with van der Waals surface area (Å²) in [7, 11) is -4.90. The lowest BCUT2D eigenvalue weighted by Crippen LogP contribution is -2.53. The number of phosphoric ester groups is 1. The maximum Gasteiger partial charge on any atom is 0.475 e. The Hall–Kier alpha value is -1.93. The molecule has 1 unspecified atom stereocenters. The number of hydrogen-bond acceptors (Lipinski definition) is 10. The van der Waals surface area contributed by atoms with E-state index in [2.05, 4.69) is 13.8 Å². The minimum absolute atomic E-state index is 0.519. The molecule has 31 heavy (non-hydrogen) atoms. The smallest absolute Gasteiger partial charge is 0.438 e. The quantitative estimate of drug-likeness (QED) is 0.201. The topological polar surface area (TPSA) is 187 Å². The maximum atomic E-state index is 13.9. The Morgan fingerprint density at radius 2 is 2.06 bits per heavy atom. The van der Waals surface area contributed by atoms with Gasteiger partial charge < -0.3 is 24.6 Å². The van der Waals surface area contributed by atoms with Gasteiger partial charge in [-0.15, -0.1) is 0 Å². The molecule has 2 heterocycles. The van der Waals surface area contributed by atoms with Crippen LogP contribution in [0, 0.1) is 5.92 Å². The summed E-state index contributed by atoms with van der Waals surface area (Å²) in [4.78, 5) is 46.2. The number of aliphatic hydroxyl groups excluding tert-OH is 1. The number of H-pyrrole nitrogens is 1. The van der Waals surface area contributed by atoms with Crippen LogP contribution >= 0.6 is 7.82 Å². The monoisotopic (exact) mass is 470 g/mol. The lowest BCUT2D eigenvalue weighted by atomic mass is 9.88. The van der Waals surface area contributed by atoms with Crippen LogP contribution in [0.15, 0.2) is 21.9 Å². The summed E-state index contributed by atoms with van der Waals surface area (Å²) >= 11 is 0. The minimum atomic E-state index is -4.90. The van der Waals surface area contributed by atoms with Crippen molar-refractivity contribution in [2.24, 2.45) is 5.92 Å². The molecule has 0 amide bonds. The zero-order valence-electron chi connectivity index (χ0n) is 16.9. The lowest BCUT2D eigenvalue weighted by molar-refractivity contribution is -0.156. The second-order valence-corrected chi connectivity index (χ2v) is 8.87. The molecule has 1 aliphatic rings. The first-order valence-corrected chi connectivity index (χ1v) is 10.5. The van der Waals surface area contributed by atoms with Crippen LogP contribution < -0.4 is 11.2 Å². The number of hydrogen-bond donors (Lipinski definition) is 4. The summed E-state index contributed by atoms with van der Waals surface area (Å²) in [6.07, 6.45) is -2.75. The third-order valence-corrected chi connectivity index (χ3v) is 5.48. The fourth-order valence-electron chi connectivity index (χ4n) is 2.83. The molecular formula is C16H24FN2O11P. The predicted molar refractivity (Wildman–Crippen MR) is 99.4 cm³/mol. The summed E-state index contributed by atoms with van der Waals surface area (Å²) in [5.41, 5.74) is -6.40. The van der Waals surface area contributed by atoms with Crippen molar-refractivity contribution < 1.29 is 47.4 Å². The number of aliphatic hydroxyl groups is 2. The van der Waals surface area contributed by atoms with E-state index >= 15 is 0 Å². The molecular weight excluding hydrogens is 446 g/mol. The van der Waals surface area contributed by atoms with Gasteiger partial charge in [-0.05, 0) is 6.92 Å². The third kappa shape index (κ3) is 5.47. The first kappa shape index (κ1) is 25.3. The van der Waals surface area contributed by atoms with Gasteiger partial charge in [0.05, 0.1) is 12.5 Å². The van der Waals surface area contributed by atoms with Crippen LogP contribution in [-0.2, 0) is 27.9 Å². The number of esters is 1. The van der Waals surface area contributed by atoms with Gasteiger partial charge in [0.15, 0.2) is 11.8 Å². The van der Waals surface area contributed by atoms with E-state index in [0.717, 1.165) is 19.2 Å². The molecule has 0 spiro atoms. The number of phosphoric acid groups is 1. The van der Waals surface area contributed by atoms with Crippen LogP contribution in [-0.4, -0.2) is 68.0 Å². The number of carbonyl (C=O) groups excluding carboxylic acids is 1. The van der Waals surface area contributed by atoms with Gasteiger partial charge in [0.1, 0.15) is 18.4 Å². The number of nitrogens with one attached hydrogen (secondary N) is 1. The zero-order chi connectivity index (χ0) is 23.6. The van der Waals surface area contributed by atoms with Gasteiger partial charge in [-0.25, -0.2) is 18.3 Å². The summed E-state index contributed by atoms with van der Waals surface area (Å²) in [5.74, 6) is -1.23. The summed E-state index contributed by atoms with van der Waals surface area (Å²) in [6, 6.07) is 0.938. The highest BCUT2D eigenvalue weighted by Crippen LogP contribution is 2.49. The average Bonchev–Trinajstić information content (AvgIpc) is 2.87. The Bertz CT molecular complexity index is 961. The number of ether oxygens (including phenoxy) is 2. The number of aromatic nitrogens is 2. The molecule has 0 aliphatic carbocycles. The maximum absolute atomic E-state index is 13.9. The van der Waals surface area contributed by atoms with E-state index in [1.54, 1.807) is 0 Å². The predicted octanol–water partition coefficient (Wildman–Crippen LogP) is -0.824. The van der Waals surface area contributed by atoms with Crippen LogP contribution in [0.1, 0.15) is 27.0 Å². The molecule has 5 atom stereocenters. The van der Waals surface area contributed by atoms with Gasteiger partial charge >= 0.3 is 19.5 Å². The molecule has 2 rings (SSSR count). The van der Waals surface area contributed by atoms with E-state index in [1.165, 1.54) is 13.8 Å².